The molecule has 0 aliphatic carbocycles. The van der Waals surface area contributed by atoms with Crippen molar-refractivity contribution in [1.82, 2.24) is 29.6 Å². The van der Waals surface area contributed by atoms with Crippen molar-refractivity contribution in [2.75, 3.05) is 47.4 Å². The molecule has 2 fully saturated rings. The summed E-state index contributed by atoms with van der Waals surface area (Å²) >= 11 is 0. The number of aromatic nitrogens is 2. The zero-order valence-electron chi connectivity index (χ0n) is 26.5. The number of rotatable bonds is 10. The molecule has 3 heterocycles. The number of likely N-dealkylation sites (tertiary alicyclic amines) is 1. The molecule has 1 N–H and O–H groups in total. The van der Waals surface area contributed by atoms with Crippen LogP contribution < -0.4 is 10.1 Å². The van der Waals surface area contributed by atoms with Crippen LogP contribution in [0, 0.1) is 0 Å². The molecular formula is C34H52N6O. The molecule has 224 valence electrons. The average Bonchev–Trinajstić information content (AvgIpc) is 3.33. The van der Waals surface area contributed by atoms with Crippen LogP contribution in [0.2, 0.25) is 0 Å². The molecule has 7 heteroatoms. The van der Waals surface area contributed by atoms with Crippen LogP contribution >= 0.6 is 0 Å². The SMILES string of the molecule is CCCC(c1nc2cc(CN3CCC(c4ccc(OC)cc4)(N(C)C)CC3)ccc2n1CC)N1C[C@@H](C)N[C@@H](C)C1. The number of hydrogen-bond acceptors (Lipinski definition) is 6. The van der Waals surface area contributed by atoms with Crippen molar-refractivity contribution < 1.29 is 4.74 Å². The van der Waals surface area contributed by atoms with Gasteiger partial charge in [-0.25, -0.2) is 4.98 Å². The number of nitrogens with zero attached hydrogens (tertiary/aromatic N) is 5. The first-order valence-electron chi connectivity index (χ1n) is 15.8. The van der Waals surface area contributed by atoms with Crippen LogP contribution in [-0.2, 0) is 18.6 Å². The Bertz CT molecular complexity index is 1270. The third-order valence-electron chi connectivity index (χ3n) is 9.62. The lowest BCUT2D eigenvalue weighted by Crippen LogP contribution is -2.55. The smallest absolute Gasteiger partial charge is 0.127 e. The molecule has 2 aliphatic rings. The number of fused-ring (bicyclic) bond motifs is 1. The zero-order chi connectivity index (χ0) is 29.1. The summed E-state index contributed by atoms with van der Waals surface area (Å²) in [7, 11) is 6.18. The lowest BCUT2D eigenvalue weighted by molar-refractivity contribution is 0.0507. The lowest BCUT2D eigenvalue weighted by atomic mass is 9.79. The standard InChI is InChI=1S/C34H52N6O/c1-8-10-32(39-22-25(3)35-26(4)23-39)33-36-30-21-27(11-16-31(30)40(33)9-2)24-38-19-17-34(18-20-38,37(5)6)28-12-14-29(41-7)15-13-28/h11-16,21,25-26,32,35H,8-10,17-20,22-24H2,1-7H3/t25-,26+,32?. The van der Waals surface area contributed by atoms with Gasteiger partial charge in [0, 0.05) is 56.9 Å². The highest BCUT2D eigenvalue weighted by atomic mass is 16.5. The van der Waals surface area contributed by atoms with Crippen LogP contribution in [-0.4, -0.2) is 83.7 Å². The largest absolute Gasteiger partial charge is 0.497 e. The van der Waals surface area contributed by atoms with E-state index in [1.54, 1.807) is 7.11 Å². The molecule has 1 aromatic heterocycles. The Labute approximate surface area is 247 Å². The van der Waals surface area contributed by atoms with Gasteiger partial charge in [-0.15, -0.1) is 0 Å². The van der Waals surface area contributed by atoms with E-state index < -0.39 is 0 Å². The third-order valence-corrected chi connectivity index (χ3v) is 9.62. The minimum Gasteiger partial charge on any atom is -0.497 e. The minimum absolute atomic E-state index is 0.0643. The van der Waals surface area contributed by atoms with Crippen molar-refractivity contribution in [3.8, 4) is 5.75 Å². The van der Waals surface area contributed by atoms with Crippen molar-refractivity contribution in [2.24, 2.45) is 0 Å². The summed E-state index contributed by atoms with van der Waals surface area (Å²) in [5.41, 5.74) is 5.23. The van der Waals surface area contributed by atoms with Crippen LogP contribution in [0.4, 0.5) is 0 Å². The molecule has 3 aromatic rings. The summed E-state index contributed by atoms with van der Waals surface area (Å²) in [5.74, 6) is 2.17. The Kier molecular flexibility index (Phi) is 9.39. The van der Waals surface area contributed by atoms with Crippen molar-refractivity contribution in [1.29, 1.82) is 0 Å². The first kappa shape index (κ1) is 30.0. The summed E-state index contributed by atoms with van der Waals surface area (Å²) < 4.78 is 7.88. The molecular weight excluding hydrogens is 508 g/mol. The van der Waals surface area contributed by atoms with Crippen molar-refractivity contribution >= 4 is 11.0 Å². The number of benzene rings is 2. The molecule has 2 aromatic carbocycles. The highest BCUT2D eigenvalue weighted by Crippen LogP contribution is 2.38. The summed E-state index contributed by atoms with van der Waals surface area (Å²) in [6, 6.07) is 17.1. The Morgan fingerprint density at radius 3 is 2.29 bits per heavy atom. The van der Waals surface area contributed by atoms with Gasteiger partial charge in [-0.05, 0) is 89.5 Å². The Morgan fingerprint density at radius 1 is 1.02 bits per heavy atom. The van der Waals surface area contributed by atoms with Gasteiger partial charge in [-0.1, -0.05) is 31.5 Å². The molecule has 7 nitrogen and oxygen atoms in total. The second-order valence-corrected chi connectivity index (χ2v) is 12.7. The lowest BCUT2D eigenvalue weighted by Gasteiger charge is -2.46. The number of aryl methyl sites for hydroxylation is 1. The van der Waals surface area contributed by atoms with Gasteiger partial charge in [0.1, 0.15) is 11.6 Å². The number of piperazine rings is 1. The third kappa shape index (κ3) is 6.19. The summed E-state index contributed by atoms with van der Waals surface area (Å²) in [6.45, 7) is 15.4. The van der Waals surface area contributed by atoms with E-state index in [1.807, 2.05) is 0 Å². The molecule has 5 rings (SSSR count). The second-order valence-electron chi connectivity index (χ2n) is 12.7. The number of methoxy groups -OCH3 is 1. The molecule has 0 radical (unpaired) electrons. The van der Waals surface area contributed by atoms with Crippen molar-refractivity contribution in [3.05, 3.63) is 59.4 Å². The summed E-state index contributed by atoms with van der Waals surface area (Å²) in [6.07, 6.45) is 4.54. The molecule has 1 unspecified atom stereocenters. The Balaban J connectivity index is 1.33. The fourth-order valence-electron chi connectivity index (χ4n) is 7.49. The number of nitrogens with one attached hydrogen (secondary N) is 1. The van der Waals surface area contributed by atoms with E-state index in [2.05, 4.69) is 109 Å². The van der Waals surface area contributed by atoms with Crippen LogP contribution in [0.25, 0.3) is 11.0 Å². The highest BCUT2D eigenvalue weighted by Gasteiger charge is 2.38. The molecule has 0 spiro atoms. The number of piperidine rings is 1. The number of ether oxygens (including phenoxy) is 1. The topological polar surface area (TPSA) is 48.8 Å². The van der Waals surface area contributed by atoms with Crippen LogP contribution in [0.15, 0.2) is 42.5 Å². The number of imidazole rings is 1. The second kappa shape index (κ2) is 12.8. The van der Waals surface area contributed by atoms with Crippen molar-refractivity contribution in [2.45, 2.75) is 90.1 Å². The Hall–Kier alpha value is -2.45. The van der Waals surface area contributed by atoms with Crippen molar-refractivity contribution in [3.63, 3.8) is 0 Å². The normalized spacial score (nSPS) is 22.8. The number of hydrogen-bond donors (Lipinski definition) is 1. The zero-order valence-corrected chi connectivity index (χ0v) is 26.5. The molecule has 0 saturated carbocycles. The van der Waals surface area contributed by atoms with Gasteiger partial charge in [0.05, 0.1) is 24.2 Å². The molecule has 0 bridgehead atoms. The Morgan fingerprint density at radius 2 is 1.71 bits per heavy atom. The summed E-state index contributed by atoms with van der Waals surface area (Å²) in [5, 5.41) is 3.70. The van der Waals surface area contributed by atoms with Crippen LogP contribution in [0.3, 0.4) is 0 Å². The van der Waals surface area contributed by atoms with E-state index in [-0.39, 0.29) is 5.54 Å². The van der Waals surface area contributed by atoms with Gasteiger partial charge in [0.25, 0.3) is 0 Å². The molecule has 0 amide bonds. The predicted molar refractivity (Wildman–Crippen MR) is 170 cm³/mol. The first-order valence-corrected chi connectivity index (χ1v) is 15.8. The average molecular weight is 561 g/mol. The maximum Gasteiger partial charge on any atom is 0.127 e. The molecule has 2 aliphatic heterocycles. The van der Waals surface area contributed by atoms with Gasteiger partial charge in [0.15, 0.2) is 0 Å². The van der Waals surface area contributed by atoms with E-state index in [9.17, 15) is 0 Å². The van der Waals surface area contributed by atoms with Gasteiger partial charge >= 0.3 is 0 Å². The maximum absolute atomic E-state index is 5.41. The highest BCUT2D eigenvalue weighted by molar-refractivity contribution is 5.77. The first-order chi connectivity index (χ1) is 19.8. The quantitative estimate of drug-likeness (QED) is 0.346. The molecule has 2 saturated heterocycles. The fourth-order valence-corrected chi connectivity index (χ4v) is 7.49. The van der Waals surface area contributed by atoms with Gasteiger partial charge < -0.3 is 14.6 Å². The predicted octanol–water partition coefficient (Wildman–Crippen LogP) is 5.64. The monoisotopic (exact) mass is 560 g/mol. The van der Waals surface area contributed by atoms with Gasteiger partial charge in [0.2, 0.25) is 0 Å². The van der Waals surface area contributed by atoms with E-state index in [1.165, 1.54) is 22.5 Å². The fraction of sp³-hybridized carbons (Fsp3) is 0.618. The van der Waals surface area contributed by atoms with Crippen LogP contribution in [0.1, 0.15) is 76.4 Å². The minimum atomic E-state index is 0.0643. The summed E-state index contributed by atoms with van der Waals surface area (Å²) in [4.78, 5) is 13.1. The van der Waals surface area contributed by atoms with E-state index in [0.29, 0.717) is 18.1 Å². The van der Waals surface area contributed by atoms with Gasteiger partial charge in [-0.3, -0.25) is 14.7 Å². The van der Waals surface area contributed by atoms with Gasteiger partial charge in [-0.2, -0.15) is 0 Å². The maximum atomic E-state index is 5.41. The van der Waals surface area contributed by atoms with E-state index >= 15 is 0 Å². The van der Waals surface area contributed by atoms with E-state index in [4.69, 9.17) is 9.72 Å². The molecule has 3 atom stereocenters. The van der Waals surface area contributed by atoms with Crippen LogP contribution in [0.5, 0.6) is 5.75 Å². The van der Waals surface area contributed by atoms with E-state index in [0.717, 1.165) is 76.2 Å². The molecule has 41 heavy (non-hydrogen) atoms.